The Hall–Kier alpha value is -1.88. The lowest BCUT2D eigenvalue weighted by molar-refractivity contribution is -0.134. The molecular formula is C16H20ClN3O2. The van der Waals surface area contributed by atoms with Crippen LogP contribution in [0.2, 0.25) is 5.02 Å². The molecule has 2 rings (SSSR count). The van der Waals surface area contributed by atoms with Crippen LogP contribution in [-0.4, -0.2) is 26.7 Å². The molecule has 1 aromatic heterocycles. The van der Waals surface area contributed by atoms with Crippen LogP contribution < -0.4 is 4.74 Å². The summed E-state index contributed by atoms with van der Waals surface area (Å²) in [6, 6.07) is 5.34. The molecule has 0 amide bonds. The molecule has 0 saturated carbocycles. The van der Waals surface area contributed by atoms with Crippen molar-refractivity contribution in [3.63, 3.8) is 0 Å². The van der Waals surface area contributed by atoms with Crippen molar-refractivity contribution in [3.8, 4) is 5.75 Å². The number of Topliss-reactive ketones (excluding diaryl/α,β-unsaturated/α-hetero) is 1. The quantitative estimate of drug-likeness (QED) is 0.847. The maximum atomic E-state index is 12.7. The smallest absolute Gasteiger partial charge is 0.180 e. The second-order valence-electron chi connectivity index (χ2n) is 6.25. The van der Waals surface area contributed by atoms with Crippen LogP contribution in [0.1, 0.15) is 26.3 Å². The zero-order valence-electron chi connectivity index (χ0n) is 13.2. The average molecular weight is 322 g/mol. The van der Waals surface area contributed by atoms with E-state index in [9.17, 15) is 4.79 Å². The number of hydrogen-bond acceptors (Lipinski definition) is 4. The molecule has 0 fully saturated rings. The van der Waals surface area contributed by atoms with Crippen LogP contribution in [0.25, 0.3) is 0 Å². The van der Waals surface area contributed by atoms with Gasteiger partial charge in [-0.2, -0.15) is 5.10 Å². The van der Waals surface area contributed by atoms with Crippen LogP contribution in [0.3, 0.4) is 0 Å². The predicted molar refractivity (Wildman–Crippen MR) is 85.1 cm³/mol. The number of nitrogens with zero attached hydrogens (tertiary/aromatic N) is 3. The number of ketones is 1. The van der Waals surface area contributed by atoms with E-state index in [2.05, 4.69) is 10.1 Å². The summed E-state index contributed by atoms with van der Waals surface area (Å²) in [5, 5.41) is 4.69. The number of aromatic nitrogens is 3. The van der Waals surface area contributed by atoms with E-state index in [0.717, 1.165) is 5.56 Å². The van der Waals surface area contributed by atoms with Crippen molar-refractivity contribution < 1.29 is 9.53 Å². The molecule has 6 heteroatoms. The Morgan fingerprint density at radius 2 is 2.14 bits per heavy atom. The second kappa shape index (κ2) is 6.48. The Kier molecular flexibility index (Phi) is 4.86. The highest BCUT2D eigenvalue weighted by Crippen LogP contribution is 2.26. The lowest BCUT2D eigenvalue weighted by atomic mass is 9.87. The summed E-state index contributed by atoms with van der Waals surface area (Å²) >= 11 is 5.96. The Balaban J connectivity index is 2.25. The molecule has 0 saturated heterocycles. The van der Waals surface area contributed by atoms with Crippen molar-refractivity contribution in [1.82, 2.24) is 14.8 Å². The van der Waals surface area contributed by atoms with E-state index in [1.165, 1.54) is 6.33 Å². The van der Waals surface area contributed by atoms with Crippen LogP contribution in [0.5, 0.6) is 5.75 Å². The highest BCUT2D eigenvalue weighted by Gasteiger charge is 2.32. The number of benzene rings is 1. The molecule has 0 spiro atoms. The zero-order valence-corrected chi connectivity index (χ0v) is 14.0. The molecule has 5 nitrogen and oxygen atoms in total. The standard InChI is InChI=1S/C16H20ClN3O2/c1-11-7-12(17)5-6-13(11)22-14(15(21)16(2,3)4)8-20-10-18-9-19-20/h5-7,9-10,14H,8H2,1-4H3. The van der Waals surface area contributed by atoms with Gasteiger partial charge in [0, 0.05) is 10.4 Å². The summed E-state index contributed by atoms with van der Waals surface area (Å²) in [6.07, 6.45) is 2.37. The van der Waals surface area contributed by atoms with E-state index < -0.39 is 11.5 Å². The summed E-state index contributed by atoms with van der Waals surface area (Å²) in [7, 11) is 0. The monoisotopic (exact) mass is 321 g/mol. The van der Waals surface area contributed by atoms with E-state index in [-0.39, 0.29) is 5.78 Å². The first-order valence-electron chi connectivity index (χ1n) is 7.07. The molecule has 0 aliphatic heterocycles. The first kappa shape index (κ1) is 16.5. The second-order valence-corrected chi connectivity index (χ2v) is 6.68. The zero-order chi connectivity index (χ0) is 16.3. The summed E-state index contributed by atoms with van der Waals surface area (Å²) in [5.74, 6) is 0.657. The van der Waals surface area contributed by atoms with Gasteiger partial charge in [-0.15, -0.1) is 0 Å². The molecule has 1 aromatic carbocycles. The van der Waals surface area contributed by atoms with Gasteiger partial charge < -0.3 is 4.74 Å². The minimum Gasteiger partial charge on any atom is -0.480 e. The molecule has 118 valence electrons. The number of aryl methyl sites for hydroxylation is 1. The van der Waals surface area contributed by atoms with Crippen molar-refractivity contribution in [2.45, 2.75) is 40.3 Å². The van der Waals surface area contributed by atoms with Gasteiger partial charge in [-0.3, -0.25) is 4.79 Å². The van der Waals surface area contributed by atoms with E-state index in [0.29, 0.717) is 17.3 Å². The predicted octanol–water partition coefficient (Wildman–Crippen LogP) is 3.30. The third-order valence-electron chi connectivity index (χ3n) is 3.26. The Morgan fingerprint density at radius 1 is 1.41 bits per heavy atom. The number of ether oxygens (including phenoxy) is 1. The van der Waals surface area contributed by atoms with Gasteiger partial charge in [-0.05, 0) is 30.7 Å². The Bertz CT molecular complexity index is 648. The maximum Gasteiger partial charge on any atom is 0.180 e. The molecule has 0 radical (unpaired) electrons. The van der Waals surface area contributed by atoms with Crippen molar-refractivity contribution in [2.24, 2.45) is 5.41 Å². The molecule has 0 N–H and O–H groups in total. The number of hydrogen-bond donors (Lipinski definition) is 0. The van der Waals surface area contributed by atoms with Crippen LogP contribution in [0.15, 0.2) is 30.9 Å². The van der Waals surface area contributed by atoms with Crippen LogP contribution in [0, 0.1) is 12.3 Å². The molecule has 1 atom stereocenters. The summed E-state index contributed by atoms with van der Waals surface area (Å²) in [4.78, 5) is 16.6. The highest BCUT2D eigenvalue weighted by molar-refractivity contribution is 6.30. The van der Waals surface area contributed by atoms with Gasteiger partial charge in [0.1, 0.15) is 18.4 Å². The Morgan fingerprint density at radius 3 is 2.68 bits per heavy atom. The average Bonchev–Trinajstić information content (AvgIpc) is 2.92. The van der Waals surface area contributed by atoms with E-state index in [1.54, 1.807) is 23.1 Å². The largest absolute Gasteiger partial charge is 0.480 e. The highest BCUT2D eigenvalue weighted by atomic mass is 35.5. The molecule has 22 heavy (non-hydrogen) atoms. The minimum atomic E-state index is -0.637. The number of carbonyl (C=O) groups excluding carboxylic acids is 1. The SMILES string of the molecule is Cc1cc(Cl)ccc1OC(Cn1cncn1)C(=O)C(C)(C)C. The van der Waals surface area contributed by atoms with Gasteiger partial charge in [0.25, 0.3) is 0 Å². The molecule has 0 bridgehead atoms. The third-order valence-corrected chi connectivity index (χ3v) is 3.49. The first-order valence-corrected chi connectivity index (χ1v) is 7.44. The molecular weight excluding hydrogens is 302 g/mol. The number of carbonyl (C=O) groups is 1. The van der Waals surface area contributed by atoms with E-state index in [1.807, 2.05) is 33.8 Å². The minimum absolute atomic E-state index is 0.0114. The van der Waals surface area contributed by atoms with E-state index >= 15 is 0 Å². The molecule has 2 aromatic rings. The maximum absolute atomic E-state index is 12.7. The molecule has 1 heterocycles. The van der Waals surface area contributed by atoms with Gasteiger partial charge in [-0.1, -0.05) is 32.4 Å². The van der Waals surface area contributed by atoms with Crippen LogP contribution in [-0.2, 0) is 11.3 Å². The van der Waals surface area contributed by atoms with Gasteiger partial charge in [-0.25, -0.2) is 9.67 Å². The fraction of sp³-hybridized carbons (Fsp3) is 0.438. The van der Waals surface area contributed by atoms with Gasteiger partial charge in [0.15, 0.2) is 11.9 Å². The lowest BCUT2D eigenvalue weighted by Gasteiger charge is -2.26. The lowest BCUT2D eigenvalue weighted by Crippen LogP contribution is -2.39. The summed E-state index contributed by atoms with van der Waals surface area (Å²) in [6.45, 7) is 7.85. The summed E-state index contributed by atoms with van der Waals surface area (Å²) in [5.41, 5.74) is 0.378. The third kappa shape index (κ3) is 4.07. The fourth-order valence-corrected chi connectivity index (χ4v) is 2.28. The first-order chi connectivity index (χ1) is 10.3. The van der Waals surface area contributed by atoms with Gasteiger partial charge in [0.05, 0.1) is 6.54 Å². The van der Waals surface area contributed by atoms with Crippen LogP contribution >= 0.6 is 11.6 Å². The Labute approximate surface area is 135 Å². The topological polar surface area (TPSA) is 57.0 Å². The van der Waals surface area contributed by atoms with Crippen molar-refractivity contribution in [3.05, 3.63) is 41.4 Å². The molecule has 0 aliphatic rings. The fourth-order valence-electron chi connectivity index (χ4n) is 2.05. The van der Waals surface area contributed by atoms with Crippen molar-refractivity contribution >= 4 is 17.4 Å². The van der Waals surface area contributed by atoms with Gasteiger partial charge >= 0.3 is 0 Å². The number of halogens is 1. The number of rotatable bonds is 5. The van der Waals surface area contributed by atoms with E-state index in [4.69, 9.17) is 16.3 Å². The van der Waals surface area contributed by atoms with Crippen molar-refractivity contribution in [1.29, 1.82) is 0 Å². The van der Waals surface area contributed by atoms with Gasteiger partial charge in [0.2, 0.25) is 0 Å². The molecule has 1 unspecified atom stereocenters. The van der Waals surface area contributed by atoms with Crippen molar-refractivity contribution in [2.75, 3.05) is 0 Å². The van der Waals surface area contributed by atoms with Crippen LogP contribution in [0.4, 0.5) is 0 Å². The summed E-state index contributed by atoms with van der Waals surface area (Å²) < 4.78 is 7.56. The molecule has 0 aliphatic carbocycles. The normalized spacial score (nSPS) is 13.0.